The molecule has 2 aromatic rings. The Hall–Kier alpha value is -1.81. The average molecular weight is 470 g/mol. The van der Waals surface area contributed by atoms with E-state index in [2.05, 4.69) is 26.1 Å². The number of piperazine rings is 1. The van der Waals surface area contributed by atoms with Crippen molar-refractivity contribution in [2.24, 2.45) is 0 Å². The first kappa shape index (κ1) is 20.9. The van der Waals surface area contributed by atoms with Gasteiger partial charge in [0.05, 0.1) is 11.9 Å². The van der Waals surface area contributed by atoms with E-state index < -0.39 is 15.8 Å². The van der Waals surface area contributed by atoms with Crippen LogP contribution < -0.4 is 5.32 Å². The van der Waals surface area contributed by atoms with Crippen LogP contribution in [-0.2, 0) is 16.6 Å². The fourth-order valence-electron chi connectivity index (χ4n) is 3.07. The number of carbonyl (C=O) groups is 1. The van der Waals surface area contributed by atoms with Crippen LogP contribution in [0.5, 0.6) is 0 Å². The maximum Gasteiger partial charge on any atom is 0.255 e. The Labute approximate surface area is 172 Å². The van der Waals surface area contributed by atoms with E-state index in [1.165, 1.54) is 22.7 Å². The van der Waals surface area contributed by atoms with Gasteiger partial charge in [-0.05, 0) is 35.9 Å². The Morgan fingerprint density at radius 2 is 1.86 bits per heavy atom. The number of anilines is 1. The van der Waals surface area contributed by atoms with E-state index >= 15 is 0 Å². The standard InChI is InChI=1S/C19H21BrFN3O3S/c1-28(26,27)24-9-7-23(8-10-24)13-14-3-2-4-15(11-14)19(25)22-18-6-5-16(20)12-17(18)21/h2-6,11-12H,7-10,13H2,1H3,(H,22,25). The highest BCUT2D eigenvalue weighted by Gasteiger charge is 2.23. The van der Waals surface area contributed by atoms with Crippen LogP contribution in [0.4, 0.5) is 10.1 Å². The third-order valence-electron chi connectivity index (χ3n) is 4.57. The second-order valence-corrected chi connectivity index (χ2v) is 9.61. The summed E-state index contributed by atoms with van der Waals surface area (Å²) >= 11 is 3.18. The number of benzene rings is 2. The van der Waals surface area contributed by atoms with Crippen LogP contribution in [0, 0.1) is 5.82 Å². The van der Waals surface area contributed by atoms with Crippen molar-refractivity contribution in [3.05, 3.63) is 63.9 Å². The molecule has 3 rings (SSSR count). The summed E-state index contributed by atoms with van der Waals surface area (Å²) in [6.45, 7) is 2.80. The van der Waals surface area contributed by atoms with Crippen molar-refractivity contribution in [3.8, 4) is 0 Å². The molecule has 0 aliphatic carbocycles. The first-order valence-corrected chi connectivity index (χ1v) is 11.4. The topological polar surface area (TPSA) is 69.7 Å². The Bertz CT molecular complexity index is 976. The number of amides is 1. The lowest BCUT2D eigenvalue weighted by atomic mass is 10.1. The first-order valence-electron chi connectivity index (χ1n) is 8.75. The van der Waals surface area contributed by atoms with Gasteiger partial charge in [-0.2, -0.15) is 4.31 Å². The normalized spacial score (nSPS) is 16.1. The third-order valence-corrected chi connectivity index (χ3v) is 6.37. The van der Waals surface area contributed by atoms with E-state index in [-0.39, 0.29) is 11.6 Å². The van der Waals surface area contributed by atoms with E-state index in [1.54, 1.807) is 24.3 Å². The molecular weight excluding hydrogens is 449 g/mol. The number of carbonyl (C=O) groups excluding carboxylic acids is 1. The Morgan fingerprint density at radius 3 is 2.50 bits per heavy atom. The summed E-state index contributed by atoms with van der Waals surface area (Å²) in [6, 6.07) is 11.6. The molecule has 2 aromatic carbocycles. The van der Waals surface area contributed by atoms with Gasteiger partial charge in [-0.3, -0.25) is 9.69 Å². The molecule has 0 saturated carbocycles. The zero-order valence-electron chi connectivity index (χ0n) is 15.4. The van der Waals surface area contributed by atoms with Gasteiger partial charge in [-0.1, -0.05) is 28.1 Å². The van der Waals surface area contributed by atoms with Gasteiger partial charge in [0, 0.05) is 42.8 Å². The molecule has 0 bridgehead atoms. The molecule has 0 aromatic heterocycles. The molecule has 0 radical (unpaired) electrons. The van der Waals surface area contributed by atoms with E-state index in [0.29, 0.717) is 42.8 Å². The third kappa shape index (κ3) is 5.38. The number of nitrogens with one attached hydrogen (secondary N) is 1. The minimum Gasteiger partial charge on any atom is -0.319 e. The van der Waals surface area contributed by atoms with Gasteiger partial charge in [-0.25, -0.2) is 12.8 Å². The molecule has 0 atom stereocenters. The fourth-order valence-corrected chi connectivity index (χ4v) is 4.23. The summed E-state index contributed by atoms with van der Waals surface area (Å²) in [5, 5.41) is 2.59. The molecule has 28 heavy (non-hydrogen) atoms. The molecule has 1 amide bonds. The SMILES string of the molecule is CS(=O)(=O)N1CCN(Cc2cccc(C(=O)Nc3ccc(Br)cc3F)c2)CC1. The van der Waals surface area contributed by atoms with Gasteiger partial charge in [-0.15, -0.1) is 0 Å². The molecule has 1 aliphatic heterocycles. The van der Waals surface area contributed by atoms with Crippen LogP contribution in [0.2, 0.25) is 0 Å². The summed E-state index contributed by atoms with van der Waals surface area (Å²) in [7, 11) is -3.16. The Kier molecular flexibility index (Phi) is 6.49. The largest absolute Gasteiger partial charge is 0.319 e. The highest BCUT2D eigenvalue weighted by atomic mass is 79.9. The molecule has 1 N–H and O–H groups in total. The van der Waals surface area contributed by atoms with Crippen molar-refractivity contribution >= 4 is 37.5 Å². The molecule has 0 unspecified atom stereocenters. The van der Waals surface area contributed by atoms with Crippen LogP contribution in [0.1, 0.15) is 15.9 Å². The molecule has 1 heterocycles. The minimum absolute atomic E-state index is 0.121. The Morgan fingerprint density at radius 1 is 1.14 bits per heavy atom. The number of halogens is 2. The summed E-state index contributed by atoms with van der Waals surface area (Å²) in [6.07, 6.45) is 1.22. The maximum absolute atomic E-state index is 13.9. The maximum atomic E-state index is 13.9. The Balaban J connectivity index is 1.63. The highest BCUT2D eigenvalue weighted by molar-refractivity contribution is 9.10. The predicted molar refractivity (Wildman–Crippen MR) is 110 cm³/mol. The van der Waals surface area contributed by atoms with Crippen molar-refractivity contribution in [2.45, 2.75) is 6.54 Å². The number of hydrogen-bond acceptors (Lipinski definition) is 4. The van der Waals surface area contributed by atoms with Crippen molar-refractivity contribution in [3.63, 3.8) is 0 Å². The van der Waals surface area contributed by atoms with Crippen molar-refractivity contribution in [2.75, 3.05) is 37.8 Å². The van der Waals surface area contributed by atoms with Gasteiger partial charge < -0.3 is 5.32 Å². The molecule has 1 saturated heterocycles. The van der Waals surface area contributed by atoms with E-state index in [9.17, 15) is 17.6 Å². The number of sulfonamides is 1. The van der Waals surface area contributed by atoms with Crippen molar-refractivity contribution in [1.29, 1.82) is 0 Å². The summed E-state index contributed by atoms with van der Waals surface area (Å²) in [5.74, 6) is -0.896. The summed E-state index contributed by atoms with van der Waals surface area (Å²) in [5.41, 5.74) is 1.50. The predicted octanol–water partition coefficient (Wildman–Crippen LogP) is 2.92. The fraction of sp³-hybridized carbons (Fsp3) is 0.316. The average Bonchev–Trinajstić information content (AvgIpc) is 2.64. The van der Waals surface area contributed by atoms with Gasteiger partial charge in [0.1, 0.15) is 5.82 Å². The van der Waals surface area contributed by atoms with Gasteiger partial charge >= 0.3 is 0 Å². The van der Waals surface area contributed by atoms with Crippen LogP contribution in [0.15, 0.2) is 46.9 Å². The van der Waals surface area contributed by atoms with E-state index in [4.69, 9.17) is 0 Å². The van der Waals surface area contributed by atoms with Crippen LogP contribution in [0.3, 0.4) is 0 Å². The lowest BCUT2D eigenvalue weighted by molar-refractivity contribution is 0.102. The van der Waals surface area contributed by atoms with Gasteiger partial charge in [0.2, 0.25) is 10.0 Å². The zero-order chi connectivity index (χ0) is 20.3. The molecule has 150 valence electrons. The quantitative estimate of drug-likeness (QED) is 0.730. The summed E-state index contributed by atoms with van der Waals surface area (Å²) < 4.78 is 39.2. The minimum atomic E-state index is -3.16. The van der Waals surface area contributed by atoms with E-state index in [1.807, 2.05) is 6.07 Å². The lowest BCUT2D eigenvalue weighted by Crippen LogP contribution is -2.47. The lowest BCUT2D eigenvalue weighted by Gasteiger charge is -2.33. The second kappa shape index (κ2) is 8.69. The van der Waals surface area contributed by atoms with Crippen LogP contribution >= 0.6 is 15.9 Å². The zero-order valence-corrected chi connectivity index (χ0v) is 17.8. The van der Waals surface area contributed by atoms with Crippen molar-refractivity contribution < 1.29 is 17.6 Å². The van der Waals surface area contributed by atoms with Crippen molar-refractivity contribution in [1.82, 2.24) is 9.21 Å². The van der Waals surface area contributed by atoms with Gasteiger partial charge in [0.15, 0.2) is 0 Å². The first-order chi connectivity index (χ1) is 13.2. The molecule has 1 fully saturated rings. The number of rotatable bonds is 5. The number of nitrogens with zero attached hydrogens (tertiary/aromatic N) is 2. The molecular formula is C19H21BrFN3O3S. The smallest absolute Gasteiger partial charge is 0.255 e. The number of hydrogen-bond donors (Lipinski definition) is 1. The van der Waals surface area contributed by atoms with Crippen LogP contribution in [-0.4, -0.2) is 56.0 Å². The molecule has 0 spiro atoms. The molecule has 9 heteroatoms. The highest BCUT2D eigenvalue weighted by Crippen LogP contribution is 2.20. The molecule has 1 aliphatic rings. The summed E-state index contributed by atoms with van der Waals surface area (Å²) in [4.78, 5) is 14.6. The monoisotopic (exact) mass is 469 g/mol. The van der Waals surface area contributed by atoms with Crippen LogP contribution in [0.25, 0.3) is 0 Å². The van der Waals surface area contributed by atoms with Gasteiger partial charge in [0.25, 0.3) is 5.91 Å². The molecule has 6 nitrogen and oxygen atoms in total. The van der Waals surface area contributed by atoms with E-state index in [0.717, 1.165) is 5.56 Å². The second-order valence-electron chi connectivity index (χ2n) is 6.72.